The number of hydrogen-bond donors (Lipinski definition) is 1. The zero-order chi connectivity index (χ0) is 15.1. The van der Waals surface area contributed by atoms with Gasteiger partial charge in [0.2, 0.25) is 5.95 Å². The highest BCUT2D eigenvalue weighted by molar-refractivity contribution is 5.62. The zero-order valence-electron chi connectivity index (χ0n) is 12.9. The highest BCUT2D eigenvalue weighted by atomic mass is 16.5. The van der Waals surface area contributed by atoms with Gasteiger partial charge in [-0.25, -0.2) is 4.98 Å². The largest absolute Gasteiger partial charge is 0.492 e. The van der Waals surface area contributed by atoms with E-state index in [0.717, 1.165) is 42.7 Å². The second kappa shape index (κ2) is 7.69. The summed E-state index contributed by atoms with van der Waals surface area (Å²) < 4.78 is 12.8. The van der Waals surface area contributed by atoms with Crippen molar-refractivity contribution in [1.82, 2.24) is 9.55 Å². The summed E-state index contributed by atoms with van der Waals surface area (Å²) in [6, 6.07) is 7.90. The topological polar surface area (TPSA) is 48.3 Å². The summed E-state index contributed by atoms with van der Waals surface area (Å²) in [6.45, 7) is 6.22. The van der Waals surface area contributed by atoms with Crippen LogP contribution in [0.25, 0.3) is 0 Å². The molecule has 5 nitrogen and oxygen atoms in total. The van der Waals surface area contributed by atoms with Crippen LogP contribution < -0.4 is 10.1 Å². The van der Waals surface area contributed by atoms with Gasteiger partial charge in [-0.05, 0) is 32.4 Å². The summed E-state index contributed by atoms with van der Waals surface area (Å²) in [5.41, 5.74) is 1.92. The number of ether oxygens (including phenoxy) is 2. The van der Waals surface area contributed by atoms with E-state index < -0.39 is 0 Å². The Morgan fingerprint density at radius 2 is 2.10 bits per heavy atom. The lowest BCUT2D eigenvalue weighted by atomic mass is 10.3. The number of aryl methyl sites for hydroxylation is 2. The van der Waals surface area contributed by atoms with Crippen LogP contribution >= 0.6 is 0 Å². The van der Waals surface area contributed by atoms with E-state index in [1.165, 1.54) is 0 Å². The van der Waals surface area contributed by atoms with E-state index in [1.807, 2.05) is 44.3 Å². The van der Waals surface area contributed by atoms with Gasteiger partial charge in [-0.3, -0.25) is 0 Å². The number of nitrogens with one attached hydrogen (secondary N) is 1. The third-order valence-electron chi connectivity index (χ3n) is 3.08. The van der Waals surface area contributed by atoms with E-state index in [1.54, 1.807) is 7.11 Å². The van der Waals surface area contributed by atoms with Crippen molar-refractivity contribution < 1.29 is 9.47 Å². The summed E-state index contributed by atoms with van der Waals surface area (Å²) in [5.74, 6) is 1.67. The highest BCUT2D eigenvalue weighted by Gasteiger charge is 2.09. The van der Waals surface area contributed by atoms with Crippen molar-refractivity contribution in [2.75, 3.05) is 25.6 Å². The quantitative estimate of drug-likeness (QED) is 0.757. The molecule has 0 fully saturated rings. The number of hydrogen-bond acceptors (Lipinski definition) is 4. The fourth-order valence-corrected chi connectivity index (χ4v) is 2.17. The lowest BCUT2D eigenvalue weighted by molar-refractivity contribution is 0.190. The molecule has 0 radical (unpaired) electrons. The third-order valence-corrected chi connectivity index (χ3v) is 3.08. The number of rotatable bonds is 8. The van der Waals surface area contributed by atoms with Crippen molar-refractivity contribution in [2.24, 2.45) is 0 Å². The molecule has 0 unspecified atom stereocenters. The van der Waals surface area contributed by atoms with Gasteiger partial charge in [-0.15, -0.1) is 0 Å². The van der Waals surface area contributed by atoms with Crippen LogP contribution in [0.5, 0.6) is 5.75 Å². The molecule has 5 heteroatoms. The van der Waals surface area contributed by atoms with Gasteiger partial charge in [0.15, 0.2) is 0 Å². The van der Waals surface area contributed by atoms with Gasteiger partial charge in [-0.2, -0.15) is 0 Å². The first kappa shape index (κ1) is 15.4. The third kappa shape index (κ3) is 4.23. The maximum atomic E-state index is 5.63. The Kier molecular flexibility index (Phi) is 5.63. The van der Waals surface area contributed by atoms with Crippen molar-refractivity contribution in [2.45, 2.75) is 26.8 Å². The van der Waals surface area contributed by atoms with Crippen LogP contribution in [-0.2, 0) is 11.3 Å². The molecule has 1 heterocycles. The summed E-state index contributed by atoms with van der Waals surface area (Å²) in [7, 11) is 1.72. The summed E-state index contributed by atoms with van der Waals surface area (Å²) in [5, 5.41) is 3.36. The molecule has 0 aliphatic heterocycles. The van der Waals surface area contributed by atoms with Gasteiger partial charge < -0.3 is 19.4 Å². The van der Waals surface area contributed by atoms with Crippen LogP contribution in [0.4, 0.5) is 11.6 Å². The maximum Gasteiger partial charge on any atom is 0.207 e. The van der Waals surface area contributed by atoms with Crippen molar-refractivity contribution in [3.05, 3.63) is 36.2 Å². The van der Waals surface area contributed by atoms with Crippen LogP contribution in [0.1, 0.15) is 19.0 Å². The Labute approximate surface area is 125 Å². The number of aromatic nitrogens is 2. The number of para-hydroxylation sites is 2. The molecular formula is C16H23N3O2. The predicted molar refractivity (Wildman–Crippen MR) is 84.4 cm³/mol. The Balaban J connectivity index is 2.15. The zero-order valence-corrected chi connectivity index (χ0v) is 12.9. The fourth-order valence-electron chi connectivity index (χ4n) is 2.17. The first-order valence-corrected chi connectivity index (χ1v) is 7.26. The first-order valence-electron chi connectivity index (χ1n) is 7.26. The highest BCUT2D eigenvalue weighted by Crippen LogP contribution is 2.27. The molecule has 0 aliphatic rings. The van der Waals surface area contributed by atoms with Crippen molar-refractivity contribution in [3.63, 3.8) is 0 Å². The monoisotopic (exact) mass is 289 g/mol. The normalized spacial score (nSPS) is 10.6. The average Bonchev–Trinajstić information content (AvgIpc) is 2.82. The summed E-state index contributed by atoms with van der Waals surface area (Å²) in [6.07, 6.45) is 3.00. The molecule has 0 amide bonds. The van der Waals surface area contributed by atoms with Crippen molar-refractivity contribution >= 4 is 11.6 Å². The van der Waals surface area contributed by atoms with Gasteiger partial charge in [0.1, 0.15) is 5.75 Å². The number of imidazole rings is 1. The molecule has 0 saturated carbocycles. The number of nitrogens with zero attached hydrogens (tertiary/aromatic N) is 2. The molecule has 0 spiro atoms. The minimum absolute atomic E-state index is 0.639. The van der Waals surface area contributed by atoms with Crippen molar-refractivity contribution in [3.8, 4) is 5.75 Å². The number of benzene rings is 1. The summed E-state index contributed by atoms with van der Waals surface area (Å²) in [4.78, 5) is 4.54. The van der Waals surface area contributed by atoms with Crippen LogP contribution in [-0.4, -0.2) is 29.9 Å². The average molecular weight is 289 g/mol. The van der Waals surface area contributed by atoms with E-state index in [0.29, 0.717) is 6.61 Å². The molecule has 21 heavy (non-hydrogen) atoms. The molecule has 1 N–H and O–H groups in total. The lowest BCUT2D eigenvalue weighted by Gasteiger charge is -2.13. The van der Waals surface area contributed by atoms with Gasteiger partial charge in [0.05, 0.1) is 18.0 Å². The molecule has 1 aromatic carbocycles. The van der Waals surface area contributed by atoms with Gasteiger partial charge in [0, 0.05) is 26.5 Å². The molecule has 0 atom stereocenters. The Morgan fingerprint density at radius 1 is 1.29 bits per heavy atom. The molecule has 0 aliphatic carbocycles. The van der Waals surface area contributed by atoms with E-state index >= 15 is 0 Å². The second-order valence-electron chi connectivity index (χ2n) is 4.80. The van der Waals surface area contributed by atoms with Crippen LogP contribution in [0.2, 0.25) is 0 Å². The fraction of sp³-hybridized carbons (Fsp3) is 0.438. The minimum atomic E-state index is 0.639. The molecule has 2 aromatic rings. The lowest BCUT2D eigenvalue weighted by Crippen LogP contribution is -2.06. The maximum absolute atomic E-state index is 5.63. The van der Waals surface area contributed by atoms with E-state index in [-0.39, 0.29) is 0 Å². The molecule has 114 valence electrons. The molecule has 0 bridgehead atoms. The van der Waals surface area contributed by atoms with Crippen LogP contribution in [0.3, 0.4) is 0 Å². The van der Waals surface area contributed by atoms with E-state index in [2.05, 4.69) is 14.9 Å². The Bertz CT molecular complexity index is 566. The summed E-state index contributed by atoms with van der Waals surface area (Å²) >= 11 is 0. The Morgan fingerprint density at radius 3 is 2.86 bits per heavy atom. The Hall–Kier alpha value is -2.01. The van der Waals surface area contributed by atoms with Crippen LogP contribution in [0, 0.1) is 6.92 Å². The first-order chi connectivity index (χ1) is 10.2. The number of methoxy groups -OCH3 is 1. The number of anilines is 2. The van der Waals surface area contributed by atoms with Gasteiger partial charge in [-0.1, -0.05) is 12.1 Å². The van der Waals surface area contributed by atoms with Crippen LogP contribution in [0.15, 0.2) is 30.5 Å². The van der Waals surface area contributed by atoms with E-state index in [4.69, 9.17) is 9.47 Å². The standard InChI is InChI=1S/C16H23N3O2/c1-4-21-15-9-6-5-8-14(15)18-16-17-13(2)12-19(16)10-7-11-20-3/h5-6,8-9,12H,4,7,10-11H2,1-3H3,(H,17,18). The minimum Gasteiger partial charge on any atom is -0.492 e. The molecule has 2 rings (SSSR count). The molecule has 0 saturated heterocycles. The van der Waals surface area contributed by atoms with Gasteiger partial charge in [0.25, 0.3) is 0 Å². The second-order valence-corrected chi connectivity index (χ2v) is 4.80. The molecule has 1 aromatic heterocycles. The molecular weight excluding hydrogens is 266 g/mol. The predicted octanol–water partition coefficient (Wildman–Crippen LogP) is 3.37. The smallest absolute Gasteiger partial charge is 0.207 e. The van der Waals surface area contributed by atoms with Crippen molar-refractivity contribution in [1.29, 1.82) is 0 Å². The van der Waals surface area contributed by atoms with E-state index in [9.17, 15) is 0 Å². The van der Waals surface area contributed by atoms with Gasteiger partial charge >= 0.3 is 0 Å². The SMILES string of the molecule is CCOc1ccccc1Nc1nc(C)cn1CCCOC.